The van der Waals surface area contributed by atoms with Crippen LogP contribution in [0.3, 0.4) is 0 Å². The molecule has 1 N–H and O–H groups in total. The molecule has 0 saturated carbocycles. The Morgan fingerprint density at radius 3 is 2.44 bits per heavy atom. The number of nitrogens with zero attached hydrogens (tertiary/aromatic N) is 5. The van der Waals surface area contributed by atoms with E-state index in [2.05, 4.69) is 4.90 Å². The number of likely N-dealkylation sites (N-methyl/N-ethyl adjacent to an activating group) is 1. The minimum Gasteiger partial charge on any atom is -0.336 e. The van der Waals surface area contributed by atoms with Gasteiger partial charge in [-0.2, -0.15) is 0 Å². The standard InChI is InChI=1S/C24H24N6O2/c1-16-7-6-10-29-21(16)26-22-19(24(29)32)15-18(23(31)28-13-11-27(2)12-14-28)20(25)30(22)17-8-4-3-5-9-17/h3-10,15,25H,11-14H2,1-2H3. The minimum absolute atomic E-state index is 0.0254. The van der Waals surface area contributed by atoms with Crippen molar-refractivity contribution in [3.05, 3.63) is 81.7 Å². The minimum atomic E-state index is -0.259. The van der Waals surface area contributed by atoms with E-state index in [0.717, 1.165) is 18.7 Å². The average molecular weight is 428 g/mol. The summed E-state index contributed by atoms with van der Waals surface area (Å²) < 4.78 is 3.10. The molecule has 0 atom stereocenters. The van der Waals surface area contributed by atoms with Crippen LogP contribution in [0.15, 0.2) is 59.5 Å². The monoisotopic (exact) mass is 428 g/mol. The molecule has 32 heavy (non-hydrogen) atoms. The number of rotatable bonds is 2. The Bertz CT molecular complexity index is 1460. The normalized spacial score (nSPS) is 14.9. The van der Waals surface area contributed by atoms with Gasteiger partial charge in [-0.1, -0.05) is 24.3 Å². The lowest BCUT2D eigenvalue weighted by Crippen LogP contribution is -2.48. The van der Waals surface area contributed by atoms with Gasteiger partial charge in [0.1, 0.15) is 11.1 Å². The highest BCUT2D eigenvalue weighted by molar-refractivity contribution is 5.97. The number of amides is 1. The molecule has 0 unspecified atom stereocenters. The number of benzene rings is 1. The molecule has 0 radical (unpaired) electrons. The number of carbonyl (C=O) groups is 1. The molecule has 162 valence electrons. The molecule has 0 aliphatic carbocycles. The van der Waals surface area contributed by atoms with Crippen molar-refractivity contribution in [3.63, 3.8) is 0 Å². The molecule has 1 fully saturated rings. The highest BCUT2D eigenvalue weighted by atomic mass is 16.2. The lowest BCUT2D eigenvalue weighted by Gasteiger charge is -2.32. The number of aryl methyl sites for hydroxylation is 1. The highest BCUT2D eigenvalue weighted by Gasteiger charge is 2.24. The summed E-state index contributed by atoms with van der Waals surface area (Å²) in [5.41, 5.74) is 2.42. The molecule has 0 bridgehead atoms. The highest BCUT2D eigenvalue weighted by Crippen LogP contribution is 2.17. The van der Waals surface area contributed by atoms with Crippen molar-refractivity contribution >= 4 is 22.6 Å². The van der Waals surface area contributed by atoms with Crippen molar-refractivity contribution in [1.82, 2.24) is 23.8 Å². The summed E-state index contributed by atoms with van der Waals surface area (Å²) in [5.74, 6) is -0.233. The van der Waals surface area contributed by atoms with E-state index in [1.54, 1.807) is 27.8 Å². The van der Waals surface area contributed by atoms with Crippen LogP contribution in [-0.4, -0.2) is 62.9 Å². The zero-order chi connectivity index (χ0) is 22.4. The van der Waals surface area contributed by atoms with Gasteiger partial charge in [-0.25, -0.2) is 4.98 Å². The van der Waals surface area contributed by atoms with Crippen LogP contribution in [0, 0.1) is 12.3 Å². The van der Waals surface area contributed by atoms with Crippen molar-refractivity contribution in [3.8, 4) is 5.69 Å². The van der Waals surface area contributed by atoms with Gasteiger partial charge in [0.15, 0.2) is 5.65 Å². The van der Waals surface area contributed by atoms with E-state index in [-0.39, 0.29) is 22.5 Å². The number of para-hydroxylation sites is 1. The Morgan fingerprint density at radius 2 is 1.72 bits per heavy atom. The van der Waals surface area contributed by atoms with Crippen molar-refractivity contribution < 1.29 is 4.79 Å². The van der Waals surface area contributed by atoms with Crippen LogP contribution in [0.2, 0.25) is 0 Å². The third-order valence-corrected chi connectivity index (χ3v) is 6.08. The number of hydrogen-bond acceptors (Lipinski definition) is 5. The summed E-state index contributed by atoms with van der Waals surface area (Å²) in [4.78, 5) is 35.6. The van der Waals surface area contributed by atoms with E-state index in [1.807, 2.05) is 50.4 Å². The summed E-state index contributed by atoms with van der Waals surface area (Å²) in [6.45, 7) is 4.63. The molecule has 8 heteroatoms. The first-order valence-corrected chi connectivity index (χ1v) is 10.6. The number of hydrogen-bond donors (Lipinski definition) is 1. The molecule has 4 aromatic rings. The lowest BCUT2D eigenvalue weighted by molar-refractivity contribution is 0.0661. The average Bonchev–Trinajstić information content (AvgIpc) is 2.80. The Hall–Kier alpha value is -3.78. The van der Waals surface area contributed by atoms with Gasteiger partial charge in [-0.3, -0.25) is 24.0 Å². The summed E-state index contributed by atoms with van der Waals surface area (Å²) in [5, 5.41) is 9.25. The number of pyridine rings is 2. The summed E-state index contributed by atoms with van der Waals surface area (Å²) in [6, 6.07) is 14.6. The molecule has 4 heterocycles. The molecule has 1 aromatic carbocycles. The number of fused-ring (bicyclic) bond motifs is 2. The summed E-state index contributed by atoms with van der Waals surface area (Å²) in [6.07, 6.45) is 1.68. The van der Waals surface area contributed by atoms with Crippen LogP contribution in [-0.2, 0) is 0 Å². The number of carbonyl (C=O) groups excluding carboxylic acids is 1. The van der Waals surface area contributed by atoms with Crippen molar-refractivity contribution in [2.24, 2.45) is 0 Å². The molecule has 3 aromatic heterocycles. The second-order valence-corrected chi connectivity index (χ2v) is 8.21. The largest absolute Gasteiger partial charge is 0.336 e. The molecule has 1 aliphatic rings. The first kappa shape index (κ1) is 20.1. The summed E-state index contributed by atoms with van der Waals surface area (Å²) >= 11 is 0. The zero-order valence-electron chi connectivity index (χ0n) is 18.1. The van der Waals surface area contributed by atoms with Crippen LogP contribution >= 0.6 is 0 Å². The van der Waals surface area contributed by atoms with E-state index < -0.39 is 0 Å². The Balaban J connectivity index is 1.83. The fourth-order valence-corrected chi connectivity index (χ4v) is 4.21. The lowest BCUT2D eigenvalue weighted by atomic mass is 10.1. The van der Waals surface area contributed by atoms with Crippen LogP contribution < -0.4 is 11.0 Å². The molecule has 1 aliphatic heterocycles. The SMILES string of the molecule is Cc1cccn2c(=O)c3cc(C(=O)N4CCN(C)CC4)c(=N)n(-c4ccccc4)c3nc12. The van der Waals surface area contributed by atoms with E-state index in [0.29, 0.717) is 35.5 Å². The van der Waals surface area contributed by atoms with E-state index in [9.17, 15) is 9.59 Å². The van der Waals surface area contributed by atoms with Crippen molar-refractivity contribution in [2.45, 2.75) is 6.92 Å². The molecule has 1 saturated heterocycles. The first-order valence-electron chi connectivity index (χ1n) is 10.6. The van der Waals surface area contributed by atoms with Gasteiger partial charge in [-0.15, -0.1) is 0 Å². The van der Waals surface area contributed by atoms with E-state index in [1.165, 1.54) is 4.40 Å². The van der Waals surface area contributed by atoms with Gasteiger partial charge in [0.25, 0.3) is 11.5 Å². The Morgan fingerprint density at radius 1 is 1.00 bits per heavy atom. The third kappa shape index (κ3) is 3.20. The van der Waals surface area contributed by atoms with Gasteiger partial charge in [0.05, 0.1) is 10.9 Å². The molecule has 0 spiro atoms. The van der Waals surface area contributed by atoms with Crippen molar-refractivity contribution in [1.29, 1.82) is 5.41 Å². The predicted octanol–water partition coefficient (Wildman–Crippen LogP) is 1.81. The maximum Gasteiger partial charge on any atom is 0.267 e. The maximum absolute atomic E-state index is 13.4. The number of piperazine rings is 1. The molecular formula is C24H24N6O2. The third-order valence-electron chi connectivity index (χ3n) is 6.08. The van der Waals surface area contributed by atoms with Crippen LogP contribution in [0.25, 0.3) is 22.4 Å². The maximum atomic E-state index is 13.4. The van der Waals surface area contributed by atoms with E-state index >= 15 is 0 Å². The molecule has 1 amide bonds. The smallest absolute Gasteiger partial charge is 0.267 e. The van der Waals surface area contributed by atoms with E-state index in [4.69, 9.17) is 10.4 Å². The predicted molar refractivity (Wildman–Crippen MR) is 122 cm³/mol. The van der Waals surface area contributed by atoms with Crippen LogP contribution in [0.5, 0.6) is 0 Å². The van der Waals surface area contributed by atoms with Gasteiger partial charge in [-0.05, 0) is 43.8 Å². The molecule has 5 rings (SSSR count). The van der Waals surface area contributed by atoms with Gasteiger partial charge in [0, 0.05) is 38.1 Å². The number of nitrogens with one attached hydrogen (secondary N) is 1. The Labute approximate surface area is 184 Å². The van der Waals surface area contributed by atoms with Crippen LogP contribution in [0.4, 0.5) is 0 Å². The van der Waals surface area contributed by atoms with Gasteiger partial charge in [0.2, 0.25) is 0 Å². The zero-order valence-corrected chi connectivity index (χ0v) is 18.1. The van der Waals surface area contributed by atoms with Crippen LogP contribution in [0.1, 0.15) is 15.9 Å². The summed E-state index contributed by atoms with van der Waals surface area (Å²) in [7, 11) is 2.02. The fraction of sp³-hybridized carbons (Fsp3) is 0.250. The molecule has 8 nitrogen and oxygen atoms in total. The second-order valence-electron chi connectivity index (χ2n) is 8.21. The molecular weight excluding hydrogens is 404 g/mol. The topological polar surface area (TPSA) is 86.7 Å². The quantitative estimate of drug-likeness (QED) is 0.494. The Kier molecular flexibility index (Phi) is 4.86. The van der Waals surface area contributed by atoms with Crippen molar-refractivity contribution in [2.75, 3.05) is 33.2 Å². The number of aromatic nitrogens is 3. The fourth-order valence-electron chi connectivity index (χ4n) is 4.21. The second kappa shape index (κ2) is 7.72. The first-order chi connectivity index (χ1) is 15.5. The van der Waals surface area contributed by atoms with Gasteiger partial charge < -0.3 is 9.80 Å². The van der Waals surface area contributed by atoms with Gasteiger partial charge >= 0.3 is 0 Å².